The van der Waals surface area contributed by atoms with Crippen LogP contribution in [0.5, 0.6) is 5.75 Å². The van der Waals surface area contributed by atoms with Crippen LogP contribution in [0.1, 0.15) is 26.7 Å². The predicted octanol–water partition coefficient (Wildman–Crippen LogP) is 3.97. The van der Waals surface area contributed by atoms with E-state index in [1.165, 1.54) is 31.5 Å². The third-order valence-corrected chi connectivity index (χ3v) is 5.04. The second kappa shape index (κ2) is 9.56. The second-order valence-corrected chi connectivity index (χ2v) is 7.51. The summed E-state index contributed by atoms with van der Waals surface area (Å²) >= 11 is 0. The molecule has 1 aliphatic rings. The maximum atomic E-state index is 12.3. The van der Waals surface area contributed by atoms with Crippen molar-refractivity contribution in [2.45, 2.75) is 32.8 Å². The van der Waals surface area contributed by atoms with Crippen LogP contribution in [0.3, 0.4) is 0 Å². The van der Waals surface area contributed by atoms with Crippen molar-refractivity contribution in [3.05, 3.63) is 54.6 Å². The van der Waals surface area contributed by atoms with E-state index in [-0.39, 0.29) is 5.91 Å². The van der Waals surface area contributed by atoms with Crippen LogP contribution in [-0.4, -0.2) is 43.1 Å². The molecule has 0 aliphatic carbocycles. The summed E-state index contributed by atoms with van der Waals surface area (Å²) < 4.78 is 5.81. The summed E-state index contributed by atoms with van der Waals surface area (Å²) in [6, 6.07) is 18.1. The topological polar surface area (TPSA) is 41.6 Å². The lowest BCUT2D eigenvalue weighted by atomic mass is 10.1. The van der Waals surface area contributed by atoms with Gasteiger partial charge in [-0.1, -0.05) is 49.4 Å². The van der Waals surface area contributed by atoms with Gasteiger partial charge >= 0.3 is 0 Å². The van der Waals surface area contributed by atoms with Gasteiger partial charge in [-0.05, 0) is 62.0 Å². The summed E-state index contributed by atoms with van der Waals surface area (Å²) in [5.74, 6) is 1.10. The molecule has 0 spiro atoms. The highest BCUT2D eigenvalue weighted by molar-refractivity contribution is 5.80. The number of likely N-dealkylation sites (tertiary alicyclic amines) is 1. The maximum absolute atomic E-state index is 12.3. The quantitative estimate of drug-likeness (QED) is 0.769. The van der Waals surface area contributed by atoms with Gasteiger partial charge in [-0.15, -0.1) is 0 Å². The van der Waals surface area contributed by atoms with Crippen LogP contribution in [-0.2, 0) is 4.79 Å². The number of benzene rings is 2. The third kappa shape index (κ3) is 5.83. The number of carbonyl (C=O) groups is 1. The van der Waals surface area contributed by atoms with E-state index in [2.05, 4.69) is 29.3 Å². The smallest absolute Gasteiger partial charge is 0.260 e. The van der Waals surface area contributed by atoms with Crippen molar-refractivity contribution in [2.24, 2.45) is 5.92 Å². The molecule has 2 aromatic carbocycles. The van der Waals surface area contributed by atoms with Gasteiger partial charge in [-0.2, -0.15) is 0 Å². The molecule has 0 bridgehead atoms. The van der Waals surface area contributed by atoms with Crippen LogP contribution in [0, 0.1) is 5.92 Å². The number of hydrogen-bond donors (Lipinski definition) is 1. The Morgan fingerprint density at radius 2 is 1.63 bits per heavy atom. The molecule has 4 nitrogen and oxygen atoms in total. The molecule has 2 atom stereocenters. The highest BCUT2D eigenvalue weighted by Crippen LogP contribution is 2.22. The van der Waals surface area contributed by atoms with Crippen molar-refractivity contribution < 1.29 is 9.53 Å². The Morgan fingerprint density at radius 1 is 1.00 bits per heavy atom. The number of amides is 1. The molecule has 1 N–H and O–H groups in total. The Balaban J connectivity index is 1.44. The number of carbonyl (C=O) groups excluding carboxylic acids is 1. The second-order valence-electron chi connectivity index (χ2n) is 7.51. The zero-order valence-corrected chi connectivity index (χ0v) is 16.4. The summed E-state index contributed by atoms with van der Waals surface area (Å²) in [4.78, 5) is 14.8. The first-order valence-corrected chi connectivity index (χ1v) is 9.94. The average molecular weight is 367 g/mol. The lowest BCUT2D eigenvalue weighted by Gasteiger charge is -2.21. The fraction of sp³-hybridized carbons (Fsp3) is 0.435. The van der Waals surface area contributed by atoms with Crippen LogP contribution >= 0.6 is 0 Å². The first kappa shape index (κ1) is 19.4. The van der Waals surface area contributed by atoms with Crippen LogP contribution in [0.25, 0.3) is 11.1 Å². The minimum absolute atomic E-state index is 0.0598. The molecule has 3 rings (SSSR count). The van der Waals surface area contributed by atoms with Crippen LogP contribution < -0.4 is 10.1 Å². The highest BCUT2D eigenvalue weighted by Gasteiger charge is 2.18. The van der Waals surface area contributed by atoms with E-state index in [0.717, 1.165) is 12.1 Å². The van der Waals surface area contributed by atoms with Gasteiger partial charge in [0.2, 0.25) is 0 Å². The summed E-state index contributed by atoms with van der Waals surface area (Å²) in [6.45, 7) is 8.11. The summed E-state index contributed by atoms with van der Waals surface area (Å²) in [5.41, 5.74) is 2.30. The van der Waals surface area contributed by atoms with E-state index in [4.69, 9.17) is 4.74 Å². The minimum atomic E-state index is -0.508. The molecule has 0 radical (unpaired) electrons. The van der Waals surface area contributed by atoms with Gasteiger partial charge in [-0.25, -0.2) is 0 Å². The molecule has 144 valence electrons. The van der Waals surface area contributed by atoms with Gasteiger partial charge in [0, 0.05) is 13.1 Å². The fourth-order valence-corrected chi connectivity index (χ4v) is 3.50. The Morgan fingerprint density at radius 3 is 2.30 bits per heavy atom. The van der Waals surface area contributed by atoms with Gasteiger partial charge in [0.05, 0.1) is 0 Å². The first-order valence-electron chi connectivity index (χ1n) is 9.94. The number of ether oxygens (including phenoxy) is 1. The van der Waals surface area contributed by atoms with Gasteiger partial charge < -0.3 is 15.0 Å². The average Bonchev–Trinajstić information content (AvgIpc) is 3.20. The normalized spacial score (nSPS) is 16.7. The van der Waals surface area contributed by atoms with E-state index < -0.39 is 6.10 Å². The lowest BCUT2D eigenvalue weighted by molar-refractivity contribution is -0.127. The molecule has 1 saturated heterocycles. The van der Waals surface area contributed by atoms with Crippen molar-refractivity contribution in [3.8, 4) is 16.9 Å². The first-order chi connectivity index (χ1) is 13.1. The Kier molecular flexibility index (Phi) is 6.88. The molecular formula is C23H30N2O2. The molecule has 1 heterocycles. The van der Waals surface area contributed by atoms with Gasteiger partial charge in [0.1, 0.15) is 5.75 Å². The SMILES string of the molecule is CC(CNC(=O)C(C)Oc1ccc(-c2ccccc2)cc1)CN1CCCC1. The molecule has 1 aliphatic heterocycles. The van der Waals surface area contributed by atoms with Crippen molar-refractivity contribution in [1.29, 1.82) is 0 Å². The van der Waals surface area contributed by atoms with Crippen molar-refractivity contribution >= 4 is 5.91 Å². The maximum Gasteiger partial charge on any atom is 0.260 e. The molecule has 1 amide bonds. The van der Waals surface area contributed by atoms with Crippen LogP contribution in [0.2, 0.25) is 0 Å². The fourth-order valence-electron chi connectivity index (χ4n) is 3.50. The van der Waals surface area contributed by atoms with E-state index in [9.17, 15) is 4.79 Å². The molecule has 2 unspecified atom stereocenters. The Labute approximate surface area is 162 Å². The summed E-state index contributed by atoms with van der Waals surface area (Å²) in [7, 11) is 0. The van der Waals surface area contributed by atoms with Gasteiger partial charge in [0.15, 0.2) is 6.10 Å². The number of rotatable bonds is 8. The predicted molar refractivity (Wildman–Crippen MR) is 110 cm³/mol. The zero-order valence-electron chi connectivity index (χ0n) is 16.4. The Bertz CT molecular complexity index is 709. The lowest BCUT2D eigenvalue weighted by Crippen LogP contribution is -2.40. The number of nitrogens with zero attached hydrogens (tertiary/aromatic N) is 1. The molecule has 0 aromatic heterocycles. The zero-order chi connectivity index (χ0) is 19.1. The van der Waals surface area contributed by atoms with Crippen molar-refractivity contribution in [1.82, 2.24) is 10.2 Å². The van der Waals surface area contributed by atoms with Gasteiger partial charge in [0.25, 0.3) is 5.91 Å². The summed E-state index contributed by atoms with van der Waals surface area (Å²) in [5, 5.41) is 3.02. The molecule has 0 saturated carbocycles. The molecule has 4 heteroatoms. The van der Waals surface area contributed by atoms with Gasteiger partial charge in [-0.3, -0.25) is 4.79 Å². The van der Waals surface area contributed by atoms with Crippen LogP contribution in [0.4, 0.5) is 0 Å². The van der Waals surface area contributed by atoms with E-state index in [1.807, 2.05) is 42.5 Å². The number of nitrogens with one attached hydrogen (secondary N) is 1. The molecule has 27 heavy (non-hydrogen) atoms. The standard InChI is InChI=1S/C23H30N2O2/c1-18(17-25-14-6-7-15-25)16-24-23(26)19(2)27-22-12-10-21(11-13-22)20-8-4-3-5-9-20/h3-5,8-13,18-19H,6-7,14-17H2,1-2H3,(H,24,26). The summed E-state index contributed by atoms with van der Waals surface area (Å²) in [6.07, 6.45) is 2.09. The third-order valence-electron chi connectivity index (χ3n) is 5.04. The van der Waals surface area contributed by atoms with Crippen LogP contribution in [0.15, 0.2) is 54.6 Å². The Hall–Kier alpha value is -2.33. The monoisotopic (exact) mass is 366 g/mol. The van der Waals surface area contributed by atoms with E-state index in [1.54, 1.807) is 6.92 Å². The molecule has 2 aromatic rings. The number of hydrogen-bond acceptors (Lipinski definition) is 3. The highest BCUT2D eigenvalue weighted by atomic mass is 16.5. The largest absolute Gasteiger partial charge is 0.481 e. The minimum Gasteiger partial charge on any atom is -0.481 e. The van der Waals surface area contributed by atoms with E-state index in [0.29, 0.717) is 18.2 Å². The van der Waals surface area contributed by atoms with Crippen molar-refractivity contribution in [2.75, 3.05) is 26.2 Å². The molecular weight excluding hydrogens is 336 g/mol. The molecule has 1 fully saturated rings. The van der Waals surface area contributed by atoms with E-state index >= 15 is 0 Å². The van der Waals surface area contributed by atoms with Crippen molar-refractivity contribution in [3.63, 3.8) is 0 Å².